The first-order valence-electron chi connectivity index (χ1n) is 3.77. The molecule has 0 radical (unpaired) electrons. The first-order chi connectivity index (χ1) is 5.13. The quantitative estimate of drug-likeness (QED) is 0.719. The van der Waals surface area contributed by atoms with Gasteiger partial charge in [0.15, 0.2) is 0 Å². The van der Waals surface area contributed by atoms with Gasteiger partial charge in [-0.1, -0.05) is 20.8 Å². The molecule has 0 aromatic rings. The summed E-state index contributed by atoms with van der Waals surface area (Å²) < 4.78 is 21.2. The minimum Gasteiger partial charge on any atom is -0.229 e. The third-order valence-corrected chi connectivity index (χ3v) is 3.27. The number of primary sulfonamides is 1. The van der Waals surface area contributed by atoms with Crippen LogP contribution in [0.3, 0.4) is 0 Å². The fourth-order valence-corrected chi connectivity index (χ4v) is 1.50. The van der Waals surface area contributed by atoms with Gasteiger partial charge in [-0.3, -0.25) is 0 Å². The first kappa shape index (κ1) is 12.2. The second-order valence-electron chi connectivity index (χ2n) is 3.99. The van der Waals surface area contributed by atoms with Crippen LogP contribution in [0.2, 0.25) is 0 Å². The van der Waals surface area contributed by atoms with Gasteiger partial charge in [0.2, 0.25) is 10.0 Å². The molecule has 0 bridgehead atoms. The molecular weight excluding hydrogens is 198 g/mol. The maximum atomic E-state index is 10.6. The van der Waals surface area contributed by atoms with E-state index >= 15 is 0 Å². The van der Waals surface area contributed by atoms with Crippen molar-refractivity contribution >= 4 is 21.6 Å². The Labute approximate surface area is 79.3 Å². The van der Waals surface area contributed by atoms with Crippen molar-refractivity contribution in [2.75, 3.05) is 5.75 Å². The van der Waals surface area contributed by atoms with Crippen molar-refractivity contribution < 1.29 is 8.42 Å². The van der Waals surface area contributed by atoms with Crippen LogP contribution in [0, 0.1) is 5.41 Å². The smallest absolute Gasteiger partial charge is 0.209 e. The molecule has 12 heavy (non-hydrogen) atoms. The number of sulfonamides is 1. The molecule has 5 heteroatoms. The zero-order valence-electron chi connectivity index (χ0n) is 7.67. The van der Waals surface area contributed by atoms with Crippen molar-refractivity contribution in [1.82, 2.24) is 0 Å². The molecule has 0 aliphatic heterocycles. The van der Waals surface area contributed by atoms with Gasteiger partial charge in [-0.15, -0.1) is 11.6 Å². The lowest BCUT2D eigenvalue weighted by Gasteiger charge is -2.24. The number of hydrogen-bond donors (Lipinski definition) is 1. The average Bonchev–Trinajstić information content (AvgIpc) is 1.78. The Morgan fingerprint density at radius 3 is 2.08 bits per heavy atom. The maximum Gasteiger partial charge on any atom is 0.209 e. The maximum absolute atomic E-state index is 10.6. The van der Waals surface area contributed by atoms with Crippen LogP contribution in [0.25, 0.3) is 0 Å². The van der Waals surface area contributed by atoms with Gasteiger partial charge in [0.05, 0.1) is 5.75 Å². The average molecular weight is 214 g/mol. The third kappa shape index (κ3) is 5.80. The van der Waals surface area contributed by atoms with E-state index in [0.29, 0.717) is 6.42 Å². The van der Waals surface area contributed by atoms with Gasteiger partial charge in [0.25, 0.3) is 0 Å². The van der Waals surface area contributed by atoms with Crippen LogP contribution >= 0.6 is 11.6 Å². The van der Waals surface area contributed by atoms with E-state index in [0.717, 1.165) is 0 Å². The summed E-state index contributed by atoms with van der Waals surface area (Å²) in [4.78, 5) is 0. The third-order valence-electron chi connectivity index (χ3n) is 1.60. The molecule has 0 aromatic heterocycles. The van der Waals surface area contributed by atoms with Gasteiger partial charge in [-0.05, 0) is 11.8 Å². The van der Waals surface area contributed by atoms with E-state index in [1.165, 1.54) is 0 Å². The van der Waals surface area contributed by atoms with Crippen LogP contribution < -0.4 is 5.14 Å². The Balaban J connectivity index is 3.97. The molecule has 0 rings (SSSR count). The van der Waals surface area contributed by atoms with E-state index in [1.807, 2.05) is 20.8 Å². The second-order valence-corrected chi connectivity index (χ2v) is 6.25. The molecule has 0 amide bonds. The van der Waals surface area contributed by atoms with Gasteiger partial charge in [0.1, 0.15) is 0 Å². The Kier molecular flexibility index (Phi) is 4.00. The molecule has 0 saturated heterocycles. The fourth-order valence-electron chi connectivity index (χ4n) is 0.701. The minimum absolute atomic E-state index is 0.0432. The van der Waals surface area contributed by atoms with E-state index in [1.54, 1.807) is 0 Å². The van der Waals surface area contributed by atoms with Crippen molar-refractivity contribution in [2.45, 2.75) is 32.6 Å². The molecule has 0 saturated carbocycles. The SMILES string of the molecule is CC(C)(C)C(Cl)CCS(N)(=O)=O. The molecule has 2 N–H and O–H groups in total. The molecule has 0 aliphatic rings. The molecule has 74 valence electrons. The van der Waals surface area contributed by atoms with Crippen LogP contribution in [0.5, 0.6) is 0 Å². The number of halogens is 1. The highest BCUT2D eigenvalue weighted by Gasteiger charge is 2.23. The fraction of sp³-hybridized carbons (Fsp3) is 1.00. The number of rotatable bonds is 3. The molecule has 1 unspecified atom stereocenters. The normalized spacial score (nSPS) is 16.1. The predicted molar refractivity (Wildman–Crippen MR) is 51.7 cm³/mol. The van der Waals surface area contributed by atoms with Crippen molar-refractivity contribution in [3.05, 3.63) is 0 Å². The van der Waals surface area contributed by atoms with Crippen molar-refractivity contribution in [3.8, 4) is 0 Å². The van der Waals surface area contributed by atoms with E-state index < -0.39 is 10.0 Å². The van der Waals surface area contributed by atoms with Crippen molar-refractivity contribution in [3.63, 3.8) is 0 Å². The Hall–Kier alpha value is 0.200. The van der Waals surface area contributed by atoms with E-state index in [4.69, 9.17) is 16.7 Å². The van der Waals surface area contributed by atoms with E-state index in [2.05, 4.69) is 0 Å². The van der Waals surface area contributed by atoms with Crippen molar-refractivity contribution in [2.24, 2.45) is 10.6 Å². The zero-order chi connectivity index (χ0) is 9.99. The topological polar surface area (TPSA) is 60.2 Å². The summed E-state index contributed by atoms with van der Waals surface area (Å²) in [7, 11) is -3.36. The first-order valence-corrected chi connectivity index (χ1v) is 5.92. The van der Waals surface area contributed by atoms with Gasteiger partial charge < -0.3 is 0 Å². The van der Waals surface area contributed by atoms with Gasteiger partial charge >= 0.3 is 0 Å². The van der Waals surface area contributed by atoms with Crippen LogP contribution in [-0.2, 0) is 10.0 Å². The van der Waals surface area contributed by atoms with Gasteiger partial charge in [0, 0.05) is 5.38 Å². The molecule has 3 nitrogen and oxygen atoms in total. The molecule has 0 heterocycles. The second kappa shape index (κ2) is 3.94. The summed E-state index contributed by atoms with van der Waals surface area (Å²) >= 11 is 5.94. The highest BCUT2D eigenvalue weighted by atomic mass is 35.5. The van der Waals surface area contributed by atoms with Crippen LogP contribution in [0.15, 0.2) is 0 Å². The molecule has 0 fully saturated rings. The Morgan fingerprint density at radius 1 is 1.42 bits per heavy atom. The number of nitrogens with two attached hydrogens (primary N) is 1. The molecular formula is C7H16ClNO2S. The standard InChI is InChI=1S/C7H16ClNO2S/c1-7(2,3)6(8)4-5-12(9,10)11/h6H,4-5H2,1-3H3,(H2,9,10,11). The molecule has 0 spiro atoms. The molecule has 1 atom stereocenters. The largest absolute Gasteiger partial charge is 0.229 e. The summed E-state index contributed by atoms with van der Waals surface area (Å²) in [6, 6.07) is 0. The lowest BCUT2D eigenvalue weighted by atomic mass is 9.90. The zero-order valence-corrected chi connectivity index (χ0v) is 9.24. The van der Waals surface area contributed by atoms with Gasteiger partial charge in [-0.2, -0.15) is 0 Å². The molecule has 0 aliphatic carbocycles. The minimum atomic E-state index is -3.36. The summed E-state index contributed by atoms with van der Waals surface area (Å²) in [5, 5.41) is 4.68. The summed E-state index contributed by atoms with van der Waals surface area (Å²) in [6.45, 7) is 5.90. The lowest BCUT2D eigenvalue weighted by Crippen LogP contribution is -2.26. The van der Waals surface area contributed by atoms with Crippen LogP contribution in [-0.4, -0.2) is 19.5 Å². The van der Waals surface area contributed by atoms with Gasteiger partial charge in [-0.25, -0.2) is 13.6 Å². The van der Waals surface area contributed by atoms with Crippen LogP contribution in [0.4, 0.5) is 0 Å². The Morgan fingerprint density at radius 2 is 1.83 bits per heavy atom. The summed E-state index contributed by atoms with van der Waals surface area (Å²) in [5.74, 6) is -0.0432. The summed E-state index contributed by atoms with van der Waals surface area (Å²) in [6.07, 6.45) is 0.407. The van der Waals surface area contributed by atoms with E-state index in [-0.39, 0.29) is 16.5 Å². The number of alkyl halides is 1. The predicted octanol–water partition coefficient (Wildman–Crippen LogP) is 1.32. The number of hydrogen-bond acceptors (Lipinski definition) is 2. The van der Waals surface area contributed by atoms with Crippen LogP contribution in [0.1, 0.15) is 27.2 Å². The Bertz CT molecular complexity index is 230. The van der Waals surface area contributed by atoms with E-state index in [9.17, 15) is 8.42 Å². The lowest BCUT2D eigenvalue weighted by molar-refractivity contribution is 0.381. The summed E-state index contributed by atoms with van der Waals surface area (Å²) in [5.41, 5.74) is -0.0771. The molecule has 0 aromatic carbocycles. The highest BCUT2D eigenvalue weighted by Crippen LogP contribution is 2.26. The highest BCUT2D eigenvalue weighted by molar-refractivity contribution is 7.89. The van der Waals surface area contributed by atoms with Crippen molar-refractivity contribution in [1.29, 1.82) is 0 Å². The monoisotopic (exact) mass is 213 g/mol.